The topological polar surface area (TPSA) is 3.88 Å². The second-order valence-corrected chi connectivity index (χ2v) is 6.75. The number of aromatic nitrogens is 1. The Morgan fingerprint density at radius 2 is 1.76 bits per heavy atom. The highest BCUT2D eigenvalue weighted by Crippen LogP contribution is 2.61. The Morgan fingerprint density at radius 3 is 2.43 bits per heavy atom. The molecule has 0 spiro atoms. The van der Waals surface area contributed by atoms with Crippen LogP contribution in [-0.4, -0.2) is 0 Å². The van der Waals surface area contributed by atoms with E-state index in [1.54, 1.807) is 5.56 Å². The summed E-state index contributed by atoms with van der Waals surface area (Å²) in [5.41, 5.74) is 6.48. The van der Waals surface area contributed by atoms with Gasteiger partial charge in [0.2, 0.25) is 5.69 Å². The van der Waals surface area contributed by atoms with Gasteiger partial charge < -0.3 is 0 Å². The van der Waals surface area contributed by atoms with E-state index in [4.69, 9.17) is 0 Å². The molecule has 2 atom stereocenters. The smallest absolute Gasteiger partial charge is 0.190 e. The average molecular weight is 278 g/mol. The van der Waals surface area contributed by atoms with E-state index in [1.807, 2.05) is 0 Å². The number of benzene rings is 1. The van der Waals surface area contributed by atoms with E-state index in [0.717, 1.165) is 0 Å². The van der Waals surface area contributed by atoms with Crippen LogP contribution in [0.15, 0.2) is 42.5 Å². The zero-order valence-electron chi connectivity index (χ0n) is 13.3. The number of fused-ring (bicyclic) bond motifs is 6. The quantitative estimate of drug-likeness (QED) is 0.712. The Morgan fingerprint density at radius 1 is 0.952 bits per heavy atom. The van der Waals surface area contributed by atoms with E-state index in [2.05, 4.69) is 67.8 Å². The molecule has 0 saturated heterocycles. The molecule has 4 rings (SSSR count). The van der Waals surface area contributed by atoms with Crippen LogP contribution in [-0.2, 0) is 11.0 Å². The highest BCUT2D eigenvalue weighted by molar-refractivity contribution is 5.66. The monoisotopic (exact) mass is 278 g/mol. The van der Waals surface area contributed by atoms with Crippen molar-refractivity contribution < 1.29 is 4.57 Å². The molecule has 21 heavy (non-hydrogen) atoms. The summed E-state index contributed by atoms with van der Waals surface area (Å²) in [4.78, 5) is 0. The maximum absolute atomic E-state index is 2.67. The molecule has 1 heteroatoms. The molecule has 0 radical (unpaired) electrons. The summed E-state index contributed by atoms with van der Waals surface area (Å²) in [6.45, 7) is 7.03. The summed E-state index contributed by atoms with van der Waals surface area (Å²) in [6, 6.07) is 15.9. The Bertz CT molecular complexity index is 710. The Balaban J connectivity index is 2.14. The van der Waals surface area contributed by atoms with Gasteiger partial charge in [0, 0.05) is 31.9 Å². The number of hydrogen-bond donors (Lipinski definition) is 0. The van der Waals surface area contributed by atoms with Crippen molar-refractivity contribution in [2.75, 3.05) is 0 Å². The molecule has 1 aromatic heterocycles. The van der Waals surface area contributed by atoms with E-state index in [9.17, 15) is 0 Å². The minimum Gasteiger partial charge on any atom is -0.190 e. The first-order valence-corrected chi connectivity index (χ1v) is 8.32. The second kappa shape index (κ2) is 4.19. The van der Waals surface area contributed by atoms with Crippen molar-refractivity contribution in [3.63, 3.8) is 0 Å². The Hall–Kier alpha value is -1.63. The van der Waals surface area contributed by atoms with Gasteiger partial charge in [0.1, 0.15) is 0 Å². The van der Waals surface area contributed by atoms with E-state index in [-0.39, 0.29) is 5.54 Å². The predicted molar refractivity (Wildman–Crippen MR) is 86.3 cm³/mol. The van der Waals surface area contributed by atoms with Gasteiger partial charge in [-0.05, 0) is 30.5 Å². The number of hydrogen-bond acceptors (Lipinski definition) is 0. The van der Waals surface area contributed by atoms with Gasteiger partial charge in [0.25, 0.3) is 0 Å². The number of rotatable bonds is 2. The van der Waals surface area contributed by atoms with Gasteiger partial charge in [0.15, 0.2) is 11.2 Å². The molecular formula is C20H24N+. The zero-order valence-corrected chi connectivity index (χ0v) is 13.3. The van der Waals surface area contributed by atoms with Crippen molar-refractivity contribution >= 4 is 0 Å². The van der Waals surface area contributed by atoms with Crippen LogP contribution in [0.25, 0.3) is 11.3 Å². The molecule has 1 aliphatic carbocycles. The standard InChI is InChI=1S/C20H24N/c1-4-19-13-14-20(19,5-2)21-15(3)9-8-12-18(21)16-10-6-7-11-17(16)19/h6-12H,4-5,13-14H2,1-3H3/q+1. The van der Waals surface area contributed by atoms with Crippen molar-refractivity contribution in [1.29, 1.82) is 0 Å². The van der Waals surface area contributed by atoms with E-state index in [0.29, 0.717) is 5.41 Å². The lowest BCUT2D eigenvalue weighted by molar-refractivity contribution is -0.788. The average Bonchev–Trinajstić information content (AvgIpc) is 2.50. The summed E-state index contributed by atoms with van der Waals surface area (Å²) in [5, 5.41) is 0. The maximum atomic E-state index is 2.67. The van der Waals surface area contributed by atoms with Crippen LogP contribution in [0.5, 0.6) is 0 Å². The third-order valence-corrected chi connectivity index (χ3v) is 6.38. The first-order chi connectivity index (χ1) is 10.2. The van der Waals surface area contributed by atoms with E-state index >= 15 is 0 Å². The van der Waals surface area contributed by atoms with Gasteiger partial charge in [-0.25, -0.2) is 0 Å². The minimum absolute atomic E-state index is 0.288. The molecular weight excluding hydrogens is 254 g/mol. The number of pyridine rings is 1. The summed E-state index contributed by atoms with van der Waals surface area (Å²) >= 11 is 0. The first-order valence-electron chi connectivity index (χ1n) is 8.32. The zero-order chi connectivity index (χ0) is 14.7. The van der Waals surface area contributed by atoms with Gasteiger partial charge in [-0.2, -0.15) is 4.57 Å². The molecule has 1 fully saturated rings. The molecule has 0 N–H and O–H groups in total. The maximum Gasteiger partial charge on any atom is 0.213 e. The first kappa shape index (κ1) is 13.1. The lowest BCUT2D eigenvalue weighted by Crippen LogP contribution is -2.76. The second-order valence-electron chi connectivity index (χ2n) is 6.75. The molecule has 2 unspecified atom stereocenters. The van der Waals surface area contributed by atoms with Crippen molar-refractivity contribution in [2.24, 2.45) is 0 Å². The van der Waals surface area contributed by atoms with Crippen LogP contribution >= 0.6 is 0 Å². The van der Waals surface area contributed by atoms with Gasteiger partial charge in [-0.1, -0.05) is 32.0 Å². The lowest BCUT2D eigenvalue weighted by Gasteiger charge is -2.58. The summed E-state index contributed by atoms with van der Waals surface area (Å²) in [6.07, 6.45) is 5.10. The molecule has 1 saturated carbocycles. The fourth-order valence-electron chi connectivity index (χ4n) is 5.32. The highest BCUT2D eigenvalue weighted by Gasteiger charge is 2.68. The third kappa shape index (κ3) is 1.31. The molecule has 2 aromatic rings. The van der Waals surface area contributed by atoms with Crippen LogP contribution in [0.3, 0.4) is 0 Å². The third-order valence-electron chi connectivity index (χ3n) is 6.38. The predicted octanol–water partition coefficient (Wildman–Crippen LogP) is 4.51. The minimum atomic E-state index is 0.288. The molecule has 0 bridgehead atoms. The van der Waals surface area contributed by atoms with Crippen molar-refractivity contribution in [2.45, 2.75) is 57.4 Å². The molecule has 1 aromatic carbocycles. The van der Waals surface area contributed by atoms with Gasteiger partial charge in [-0.15, -0.1) is 0 Å². The molecule has 1 nitrogen and oxygen atoms in total. The van der Waals surface area contributed by atoms with Crippen LogP contribution in [0, 0.1) is 6.92 Å². The van der Waals surface area contributed by atoms with E-state index in [1.165, 1.54) is 42.6 Å². The van der Waals surface area contributed by atoms with Crippen LogP contribution in [0.1, 0.15) is 50.8 Å². The number of aryl methyl sites for hydroxylation is 1. The van der Waals surface area contributed by atoms with Crippen molar-refractivity contribution in [1.82, 2.24) is 0 Å². The molecule has 2 aliphatic rings. The van der Waals surface area contributed by atoms with Gasteiger partial charge in [-0.3, -0.25) is 0 Å². The summed E-state index contributed by atoms with van der Waals surface area (Å²) in [5.74, 6) is 0. The highest BCUT2D eigenvalue weighted by atomic mass is 15.1. The summed E-state index contributed by atoms with van der Waals surface area (Å²) in [7, 11) is 0. The summed E-state index contributed by atoms with van der Waals surface area (Å²) < 4.78 is 2.67. The lowest BCUT2D eigenvalue weighted by atomic mass is 9.47. The molecule has 0 amide bonds. The van der Waals surface area contributed by atoms with Crippen LogP contribution < -0.4 is 4.57 Å². The largest absolute Gasteiger partial charge is 0.213 e. The molecule has 1 aliphatic heterocycles. The van der Waals surface area contributed by atoms with Gasteiger partial charge in [0.05, 0.1) is 11.0 Å². The van der Waals surface area contributed by atoms with Crippen molar-refractivity contribution in [3.8, 4) is 11.3 Å². The Labute approximate surface area is 127 Å². The Kier molecular flexibility index (Phi) is 2.61. The molecule has 108 valence electrons. The fraction of sp³-hybridized carbons (Fsp3) is 0.450. The van der Waals surface area contributed by atoms with Gasteiger partial charge >= 0.3 is 0 Å². The van der Waals surface area contributed by atoms with E-state index < -0.39 is 0 Å². The molecule has 2 heterocycles. The van der Waals surface area contributed by atoms with Crippen LogP contribution in [0.4, 0.5) is 0 Å². The SMILES string of the molecule is CCC12CCC1(CC)[n+]1c(C)cccc1-c1ccccc12. The number of nitrogens with zero attached hydrogens (tertiary/aromatic N) is 1. The normalized spacial score (nSPS) is 29.1. The van der Waals surface area contributed by atoms with Crippen molar-refractivity contribution in [3.05, 3.63) is 53.7 Å². The fourth-order valence-corrected chi connectivity index (χ4v) is 5.32. The van der Waals surface area contributed by atoms with Crippen LogP contribution in [0.2, 0.25) is 0 Å².